The zero-order chi connectivity index (χ0) is 12.0. The summed E-state index contributed by atoms with van der Waals surface area (Å²) < 4.78 is 5.00. The van der Waals surface area contributed by atoms with Crippen molar-refractivity contribution in [3.63, 3.8) is 0 Å². The number of hydrogen-bond acceptors (Lipinski definition) is 5. The van der Waals surface area contributed by atoms with Gasteiger partial charge in [-0.05, 0) is 31.6 Å². The molecule has 92 valence electrons. The molecule has 0 aromatic rings. The molecule has 1 aliphatic rings. The first-order chi connectivity index (χ1) is 7.63. The summed E-state index contributed by atoms with van der Waals surface area (Å²) in [7, 11) is 0. The molecule has 6 nitrogen and oxygen atoms in total. The molecule has 0 aromatic heterocycles. The first kappa shape index (κ1) is 12.6. The molecule has 0 aromatic carbocycles. The van der Waals surface area contributed by atoms with E-state index in [1.165, 1.54) is 0 Å². The van der Waals surface area contributed by atoms with E-state index in [4.69, 9.17) is 9.84 Å². The van der Waals surface area contributed by atoms with Crippen LogP contribution in [0.2, 0.25) is 0 Å². The average Bonchev–Trinajstić information content (AvgIpc) is 2.27. The van der Waals surface area contributed by atoms with E-state index in [9.17, 15) is 9.59 Å². The van der Waals surface area contributed by atoms with Gasteiger partial charge in [0.2, 0.25) is 0 Å². The molecule has 16 heavy (non-hydrogen) atoms. The topological polar surface area (TPSA) is 82.1 Å². The maximum absolute atomic E-state index is 11.0. The van der Waals surface area contributed by atoms with Gasteiger partial charge in [0.25, 0.3) is 0 Å². The molecule has 2 atom stereocenters. The van der Waals surface area contributed by atoms with Crippen LogP contribution in [0.3, 0.4) is 0 Å². The van der Waals surface area contributed by atoms with Crippen molar-refractivity contribution in [3.8, 4) is 0 Å². The molecule has 0 spiro atoms. The molecule has 0 amide bonds. The van der Waals surface area contributed by atoms with E-state index in [1.54, 1.807) is 0 Å². The van der Waals surface area contributed by atoms with Gasteiger partial charge in [0.05, 0.1) is 0 Å². The van der Waals surface area contributed by atoms with Crippen LogP contribution in [0.5, 0.6) is 0 Å². The van der Waals surface area contributed by atoms with Crippen LogP contribution >= 0.6 is 0 Å². The number of carbonyl (C=O) groups excluding carboxylic acids is 1. The highest BCUT2D eigenvalue weighted by Crippen LogP contribution is 2.29. The van der Waals surface area contributed by atoms with Gasteiger partial charge in [-0.15, -0.1) is 0 Å². The standard InChI is InChI=1S/C10H16O6/c1-2-7-5-3-4-6-8(7)14-10(13)16-15-9(11)12/h7-8H,2-6H2,1H3,(H,11,12). The quantitative estimate of drug-likeness (QED) is 0.447. The monoisotopic (exact) mass is 232 g/mol. The van der Waals surface area contributed by atoms with Gasteiger partial charge >= 0.3 is 12.3 Å². The normalized spacial score (nSPS) is 24.6. The van der Waals surface area contributed by atoms with E-state index in [2.05, 4.69) is 9.78 Å². The van der Waals surface area contributed by atoms with E-state index >= 15 is 0 Å². The minimum Gasteiger partial charge on any atom is -0.447 e. The lowest BCUT2D eigenvalue weighted by Gasteiger charge is -2.29. The molecule has 1 saturated carbocycles. The van der Waals surface area contributed by atoms with E-state index in [0.29, 0.717) is 5.92 Å². The van der Waals surface area contributed by atoms with Crippen molar-refractivity contribution in [2.45, 2.75) is 45.1 Å². The predicted octanol–water partition coefficient (Wildman–Crippen LogP) is 2.72. The molecule has 0 saturated heterocycles. The third-order valence-corrected chi connectivity index (χ3v) is 2.79. The van der Waals surface area contributed by atoms with Crippen LogP contribution in [0.4, 0.5) is 9.59 Å². The van der Waals surface area contributed by atoms with Crippen molar-refractivity contribution >= 4 is 12.3 Å². The van der Waals surface area contributed by atoms with Crippen LogP contribution in [-0.4, -0.2) is 23.5 Å². The molecule has 0 heterocycles. The fraction of sp³-hybridized carbons (Fsp3) is 0.800. The highest BCUT2D eigenvalue weighted by molar-refractivity contribution is 5.62. The van der Waals surface area contributed by atoms with Crippen molar-refractivity contribution < 1.29 is 29.2 Å². The number of ether oxygens (including phenoxy) is 1. The summed E-state index contributed by atoms with van der Waals surface area (Å²) in [4.78, 5) is 28.6. The first-order valence-electron chi connectivity index (χ1n) is 5.41. The Morgan fingerprint density at radius 1 is 1.25 bits per heavy atom. The SMILES string of the molecule is CCC1CCCCC1OC(=O)OOC(=O)O. The summed E-state index contributed by atoms with van der Waals surface area (Å²) in [5, 5.41) is 8.11. The number of hydrogen-bond donors (Lipinski definition) is 1. The van der Waals surface area contributed by atoms with Gasteiger partial charge in [0.15, 0.2) is 0 Å². The molecular formula is C10H16O6. The molecule has 6 heteroatoms. The maximum atomic E-state index is 11.0. The van der Waals surface area contributed by atoms with Gasteiger partial charge in [-0.25, -0.2) is 9.68 Å². The highest BCUT2D eigenvalue weighted by Gasteiger charge is 2.28. The Morgan fingerprint density at radius 3 is 2.56 bits per heavy atom. The van der Waals surface area contributed by atoms with Crippen LogP contribution in [0, 0.1) is 5.92 Å². The summed E-state index contributed by atoms with van der Waals surface area (Å²) in [6, 6.07) is 0. The van der Waals surface area contributed by atoms with Crippen LogP contribution in [0.1, 0.15) is 39.0 Å². The predicted molar refractivity (Wildman–Crippen MR) is 52.7 cm³/mol. The lowest BCUT2D eigenvalue weighted by Crippen LogP contribution is -2.30. The molecule has 0 bridgehead atoms. The van der Waals surface area contributed by atoms with Crippen molar-refractivity contribution in [1.29, 1.82) is 0 Å². The van der Waals surface area contributed by atoms with Crippen molar-refractivity contribution in [2.24, 2.45) is 5.92 Å². The Kier molecular flexibility index (Phi) is 4.88. The Hall–Kier alpha value is -1.46. The van der Waals surface area contributed by atoms with E-state index < -0.39 is 12.3 Å². The van der Waals surface area contributed by atoms with Crippen molar-refractivity contribution in [2.75, 3.05) is 0 Å². The second-order valence-electron chi connectivity index (χ2n) is 3.79. The number of rotatable bonds is 2. The Morgan fingerprint density at radius 2 is 1.94 bits per heavy atom. The molecule has 1 aliphatic carbocycles. The van der Waals surface area contributed by atoms with Crippen molar-refractivity contribution in [1.82, 2.24) is 0 Å². The molecular weight excluding hydrogens is 216 g/mol. The second-order valence-corrected chi connectivity index (χ2v) is 3.79. The molecule has 0 radical (unpaired) electrons. The number of carboxylic acid groups (broad SMARTS) is 1. The van der Waals surface area contributed by atoms with Gasteiger partial charge in [0.1, 0.15) is 6.10 Å². The average molecular weight is 232 g/mol. The Balaban J connectivity index is 2.33. The summed E-state index contributed by atoms with van der Waals surface area (Å²) >= 11 is 0. The van der Waals surface area contributed by atoms with Crippen LogP contribution in [0.25, 0.3) is 0 Å². The summed E-state index contributed by atoms with van der Waals surface area (Å²) in [6.07, 6.45) is 1.93. The van der Waals surface area contributed by atoms with Crippen LogP contribution in [-0.2, 0) is 14.5 Å². The lowest BCUT2D eigenvalue weighted by molar-refractivity contribution is -0.219. The number of carbonyl (C=O) groups is 2. The smallest absolute Gasteiger partial charge is 0.447 e. The van der Waals surface area contributed by atoms with E-state index in [0.717, 1.165) is 32.1 Å². The summed E-state index contributed by atoms with van der Waals surface area (Å²) in [5.41, 5.74) is 0. The molecule has 0 aliphatic heterocycles. The third-order valence-electron chi connectivity index (χ3n) is 2.79. The largest absolute Gasteiger partial charge is 0.550 e. The third kappa shape index (κ3) is 3.96. The van der Waals surface area contributed by atoms with Gasteiger partial charge in [-0.3, -0.25) is 0 Å². The Labute approximate surface area is 93.4 Å². The van der Waals surface area contributed by atoms with Crippen LogP contribution in [0.15, 0.2) is 0 Å². The van der Waals surface area contributed by atoms with Crippen LogP contribution < -0.4 is 0 Å². The fourth-order valence-electron chi connectivity index (χ4n) is 2.01. The summed E-state index contributed by atoms with van der Waals surface area (Å²) in [6.45, 7) is 2.03. The van der Waals surface area contributed by atoms with Gasteiger partial charge < -0.3 is 9.84 Å². The van der Waals surface area contributed by atoms with E-state index in [-0.39, 0.29) is 6.10 Å². The zero-order valence-electron chi connectivity index (χ0n) is 9.18. The minimum atomic E-state index is -1.67. The first-order valence-corrected chi connectivity index (χ1v) is 5.41. The zero-order valence-corrected chi connectivity index (χ0v) is 9.18. The highest BCUT2D eigenvalue weighted by atomic mass is 17.3. The fourth-order valence-corrected chi connectivity index (χ4v) is 2.01. The molecule has 1 fully saturated rings. The summed E-state index contributed by atoms with van der Waals surface area (Å²) in [5.74, 6) is 0.325. The molecule has 2 unspecified atom stereocenters. The lowest BCUT2D eigenvalue weighted by atomic mass is 9.85. The van der Waals surface area contributed by atoms with Gasteiger partial charge in [-0.2, -0.15) is 9.68 Å². The maximum Gasteiger partial charge on any atom is 0.550 e. The second kappa shape index (κ2) is 6.19. The Bertz CT molecular complexity index is 252. The molecule has 1 N–H and O–H groups in total. The minimum absolute atomic E-state index is 0.191. The molecule has 1 rings (SSSR count). The van der Waals surface area contributed by atoms with Gasteiger partial charge in [0, 0.05) is 0 Å². The van der Waals surface area contributed by atoms with E-state index in [1.807, 2.05) is 6.92 Å². The van der Waals surface area contributed by atoms with Crippen molar-refractivity contribution in [3.05, 3.63) is 0 Å². The van der Waals surface area contributed by atoms with Gasteiger partial charge in [-0.1, -0.05) is 13.3 Å².